The maximum absolute atomic E-state index is 12.7. The summed E-state index contributed by atoms with van der Waals surface area (Å²) in [7, 11) is 1.81. The molecule has 24 heavy (non-hydrogen) atoms. The molecule has 0 aliphatic heterocycles. The minimum absolute atomic E-state index is 0.182. The smallest absolute Gasteiger partial charge is 0.264 e. The number of nitrogens with zero attached hydrogens (tertiary/aromatic N) is 3. The van der Waals surface area contributed by atoms with Crippen molar-refractivity contribution in [3.63, 3.8) is 0 Å². The third kappa shape index (κ3) is 3.75. The van der Waals surface area contributed by atoms with Gasteiger partial charge in [-0.15, -0.1) is 0 Å². The molecule has 0 aliphatic rings. The maximum Gasteiger partial charge on any atom is 0.264 e. The topological polar surface area (TPSA) is 69.0 Å². The largest absolute Gasteiger partial charge is 0.478 e. The Kier molecular flexibility index (Phi) is 5.26. The van der Waals surface area contributed by atoms with Crippen molar-refractivity contribution in [1.29, 1.82) is 0 Å². The van der Waals surface area contributed by atoms with Gasteiger partial charge in [0.1, 0.15) is 17.9 Å². The normalized spacial score (nSPS) is 12.8. The Labute approximate surface area is 143 Å². The molecule has 0 unspecified atom stereocenters. The van der Waals surface area contributed by atoms with Crippen LogP contribution in [0.1, 0.15) is 50.2 Å². The van der Waals surface area contributed by atoms with Gasteiger partial charge in [0, 0.05) is 7.05 Å². The van der Waals surface area contributed by atoms with Gasteiger partial charge in [0.05, 0.1) is 6.04 Å². The fraction of sp³-hybridized carbons (Fsp3) is 0.500. The molecule has 0 spiro atoms. The number of hydrogen-bond donors (Lipinski definition) is 1. The lowest BCUT2D eigenvalue weighted by molar-refractivity contribution is -0.135. The molecule has 2 aromatic rings. The van der Waals surface area contributed by atoms with Crippen LogP contribution in [0, 0.1) is 13.8 Å². The third-order valence-corrected chi connectivity index (χ3v) is 4.24. The second-order valence-corrected chi connectivity index (χ2v) is 6.49. The first-order valence-electron chi connectivity index (χ1n) is 8.16. The average Bonchev–Trinajstić information content (AvgIpc) is 2.95. The number of benzene rings is 1. The Hall–Kier alpha value is -2.37. The highest BCUT2D eigenvalue weighted by Gasteiger charge is 2.33. The summed E-state index contributed by atoms with van der Waals surface area (Å²) in [6.07, 6.45) is 2.21. The van der Waals surface area contributed by atoms with E-state index in [1.807, 2.05) is 46.0 Å². The molecule has 1 aromatic carbocycles. The first-order chi connectivity index (χ1) is 11.3. The van der Waals surface area contributed by atoms with Gasteiger partial charge in [0.2, 0.25) is 0 Å². The number of aromatic nitrogens is 3. The molecule has 1 atom stereocenters. The van der Waals surface area contributed by atoms with Crippen molar-refractivity contribution < 1.29 is 9.53 Å². The third-order valence-electron chi connectivity index (χ3n) is 4.24. The van der Waals surface area contributed by atoms with E-state index in [0.29, 0.717) is 0 Å². The fourth-order valence-electron chi connectivity index (χ4n) is 2.46. The fourth-order valence-corrected chi connectivity index (χ4v) is 2.46. The molecule has 130 valence electrons. The zero-order valence-electron chi connectivity index (χ0n) is 15.3. The van der Waals surface area contributed by atoms with Gasteiger partial charge in [-0.05, 0) is 51.3 Å². The zero-order valence-corrected chi connectivity index (χ0v) is 15.3. The molecular weight excluding hydrogens is 304 g/mol. The summed E-state index contributed by atoms with van der Waals surface area (Å²) in [6.45, 7) is 9.56. The summed E-state index contributed by atoms with van der Waals surface area (Å²) in [5.74, 6) is 1.27. The summed E-state index contributed by atoms with van der Waals surface area (Å²) in [4.78, 5) is 17.0. The molecule has 0 bridgehead atoms. The van der Waals surface area contributed by atoms with Gasteiger partial charge in [-0.3, -0.25) is 9.48 Å². The van der Waals surface area contributed by atoms with E-state index in [1.165, 1.54) is 6.33 Å². The molecule has 1 N–H and O–H groups in total. The molecule has 0 radical (unpaired) electrons. The molecule has 6 nitrogen and oxygen atoms in total. The first kappa shape index (κ1) is 18.0. The minimum Gasteiger partial charge on any atom is -0.478 e. The Morgan fingerprint density at radius 1 is 1.38 bits per heavy atom. The predicted octanol–water partition coefficient (Wildman–Crippen LogP) is 2.86. The summed E-state index contributed by atoms with van der Waals surface area (Å²) in [5.41, 5.74) is 1.18. The van der Waals surface area contributed by atoms with E-state index in [9.17, 15) is 4.79 Å². The molecule has 6 heteroatoms. The summed E-state index contributed by atoms with van der Waals surface area (Å²) in [6, 6.07) is 5.64. The van der Waals surface area contributed by atoms with Crippen molar-refractivity contribution in [2.24, 2.45) is 7.05 Å². The lowest BCUT2D eigenvalue weighted by Crippen LogP contribution is -2.48. The van der Waals surface area contributed by atoms with E-state index in [4.69, 9.17) is 4.74 Å². The maximum atomic E-state index is 12.7. The first-order valence-corrected chi connectivity index (χ1v) is 8.16. The predicted molar refractivity (Wildman–Crippen MR) is 92.8 cm³/mol. The highest BCUT2D eigenvalue weighted by Crippen LogP contribution is 2.26. The standard InChI is InChI=1S/C18H26N4O2/c1-7-14(16-19-11-20-22(16)6)21-17(23)18(4,5)24-15-10-8-9-12(2)13(15)3/h8-11,14H,7H2,1-6H3,(H,21,23)/t14-/m0/s1. The number of nitrogens with one attached hydrogen (secondary N) is 1. The van der Waals surface area contributed by atoms with Gasteiger partial charge in [0.15, 0.2) is 5.60 Å². The Morgan fingerprint density at radius 3 is 2.67 bits per heavy atom. The van der Waals surface area contributed by atoms with Crippen LogP contribution in [-0.4, -0.2) is 26.3 Å². The van der Waals surface area contributed by atoms with Crippen LogP contribution in [0.4, 0.5) is 0 Å². The Balaban J connectivity index is 2.15. The van der Waals surface area contributed by atoms with E-state index in [2.05, 4.69) is 15.4 Å². The van der Waals surface area contributed by atoms with Crippen LogP contribution in [0.5, 0.6) is 5.75 Å². The molecule has 1 aromatic heterocycles. The molecule has 0 aliphatic carbocycles. The van der Waals surface area contributed by atoms with Gasteiger partial charge in [-0.2, -0.15) is 5.10 Å². The average molecular weight is 330 g/mol. The molecule has 0 saturated heterocycles. The van der Waals surface area contributed by atoms with E-state index in [0.717, 1.165) is 29.1 Å². The summed E-state index contributed by atoms with van der Waals surface area (Å²) >= 11 is 0. The van der Waals surface area contributed by atoms with Crippen molar-refractivity contribution in [3.8, 4) is 5.75 Å². The number of carbonyl (C=O) groups is 1. The second-order valence-electron chi connectivity index (χ2n) is 6.49. The van der Waals surface area contributed by atoms with Gasteiger partial charge in [-0.1, -0.05) is 19.1 Å². The van der Waals surface area contributed by atoms with E-state index >= 15 is 0 Å². The summed E-state index contributed by atoms with van der Waals surface area (Å²) < 4.78 is 7.69. The van der Waals surface area contributed by atoms with Crippen molar-refractivity contribution >= 4 is 5.91 Å². The number of carbonyl (C=O) groups excluding carboxylic acids is 1. The highest BCUT2D eigenvalue weighted by molar-refractivity contribution is 5.85. The monoisotopic (exact) mass is 330 g/mol. The summed E-state index contributed by atoms with van der Waals surface area (Å²) in [5, 5.41) is 7.08. The van der Waals surface area contributed by atoms with E-state index in [-0.39, 0.29) is 11.9 Å². The lowest BCUT2D eigenvalue weighted by atomic mass is 10.1. The number of ether oxygens (including phenoxy) is 1. The van der Waals surface area contributed by atoms with Crippen molar-refractivity contribution in [2.45, 2.75) is 52.7 Å². The van der Waals surface area contributed by atoms with Gasteiger partial charge < -0.3 is 10.1 Å². The molecular formula is C18H26N4O2. The van der Waals surface area contributed by atoms with E-state index in [1.54, 1.807) is 18.5 Å². The molecule has 0 saturated carbocycles. The van der Waals surface area contributed by atoms with Crippen LogP contribution in [0.2, 0.25) is 0 Å². The molecule has 1 heterocycles. The number of rotatable bonds is 6. The van der Waals surface area contributed by atoms with Crippen LogP contribution in [0.3, 0.4) is 0 Å². The minimum atomic E-state index is -0.995. The molecule has 2 rings (SSSR count). The van der Waals surface area contributed by atoms with Crippen LogP contribution >= 0.6 is 0 Å². The van der Waals surface area contributed by atoms with Crippen LogP contribution in [0.25, 0.3) is 0 Å². The quantitative estimate of drug-likeness (QED) is 0.884. The molecule has 0 fully saturated rings. The lowest BCUT2D eigenvalue weighted by Gasteiger charge is -2.28. The Morgan fingerprint density at radius 2 is 2.08 bits per heavy atom. The van der Waals surface area contributed by atoms with Crippen LogP contribution < -0.4 is 10.1 Å². The van der Waals surface area contributed by atoms with Crippen molar-refractivity contribution in [2.75, 3.05) is 0 Å². The molecule has 1 amide bonds. The second kappa shape index (κ2) is 7.03. The van der Waals surface area contributed by atoms with Gasteiger partial charge in [-0.25, -0.2) is 4.98 Å². The zero-order chi connectivity index (χ0) is 17.9. The van der Waals surface area contributed by atoms with Crippen molar-refractivity contribution in [3.05, 3.63) is 41.5 Å². The Bertz CT molecular complexity index is 722. The van der Waals surface area contributed by atoms with Gasteiger partial charge >= 0.3 is 0 Å². The van der Waals surface area contributed by atoms with E-state index < -0.39 is 5.60 Å². The number of amides is 1. The SMILES string of the molecule is CC[C@H](NC(=O)C(C)(C)Oc1cccc(C)c1C)c1ncnn1C. The number of aryl methyl sites for hydroxylation is 2. The number of hydrogen-bond acceptors (Lipinski definition) is 4. The van der Waals surface area contributed by atoms with Crippen LogP contribution in [0.15, 0.2) is 24.5 Å². The van der Waals surface area contributed by atoms with Gasteiger partial charge in [0.25, 0.3) is 5.91 Å². The van der Waals surface area contributed by atoms with Crippen molar-refractivity contribution in [1.82, 2.24) is 20.1 Å². The highest BCUT2D eigenvalue weighted by atomic mass is 16.5. The van der Waals surface area contributed by atoms with Crippen LogP contribution in [-0.2, 0) is 11.8 Å².